The smallest absolute Gasteiger partial charge is 0.244 e. The average molecular weight is 574 g/mol. The molecule has 0 aliphatic rings. The first-order chi connectivity index (χ1) is 18.6. The predicted octanol–water partition coefficient (Wildman–Crippen LogP) is 4.80. The molecule has 10 heteroatoms. The van der Waals surface area contributed by atoms with E-state index in [0.29, 0.717) is 6.54 Å². The van der Waals surface area contributed by atoms with E-state index in [1.54, 1.807) is 0 Å². The van der Waals surface area contributed by atoms with E-state index in [2.05, 4.69) is 5.32 Å². The molecule has 0 spiro atoms. The highest BCUT2D eigenvalue weighted by molar-refractivity contribution is 7.92. The Morgan fingerprint density at radius 1 is 0.974 bits per heavy atom. The Morgan fingerprint density at radius 2 is 1.59 bits per heavy atom. The van der Waals surface area contributed by atoms with Crippen LogP contribution < -0.4 is 9.62 Å². The summed E-state index contributed by atoms with van der Waals surface area (Å²) in [5.41, 5.74) is 1.68. The summed E-state index contributed by atoms with van der Waals surface area (Å²) in [6, 6.07) is 21.0. The molecular formula is C29H33ClFN3O4S. The molecule has 3 aromatic carbocycles. The minimum absolute atomic E-state index is 0.0453. The number of halogens is 2. The van der Waals surface area contributed by atoms with Crippen molar-refractivity contribution in [2.45, 2.75) is 38.8 Å². The molecule has 0 fully saturated rings. The van der Waals surface area contributed by atoms with Gasteiger partial charge >= 0.3 is 0 Å². The zero-order chi connectivity index (χ0) is 28.4. The lowest BCUT2D eigenvalue weighted by Gasteiger charge is -2.33. The number of anilines is 1. The molecule has 0 saturated carbocycles. The number of sulfonamides is 1. The molecule has 1 N–H and O–H groups in total. The highest BCUT2D eigenvalue weighted by atomic mass is 35.5. The zero-order valence-electron chi connectivity index (χ0n) is 22.0. The van der Waals surface area contributed by atoms with Crippen LogP contribution >= 0.6 is 11.6 Å². The Kier molecular flexibility index (Phi) is 10.9. The number of nitrogens with one attached hydrogen (secondary N) is 1. The first-order valence-corrected chi connectivity index (χ1v) is 14.9. The van der Waals surface area contributed by atoms with Crippen LogP contribution in [0.3, 0.4) is 0 Å². The molecule has 2 amide bonds. The molecule has 3 aromatic rings. The van der Waals surface area contributed by atoms with E-state index >= 15 is 0 Å². The second-order valence-electron chi connectivity index (χ2n) is 9.23. The maximum absolute atomic E-state index is 13.9. The molecule has 0 aliphatic carbocycles. The van der Waals surface area contributed by atoms with Gasteiger partial charge in [-0.1, -0.05) is 85.6 Å². The molecule has 1 atom stereocenters. The van der Waals surface area contributed by atoms with Crippen molar-refractivity contribution in [1.82, 2.24) is 10.2 Å². The fourth-order valence-electron chi connectivity index (χ4n) is 4.09. The van der Waals surface area contributed by atoms with E-state index in [-0.39, 0.29) is 29.6 Å². The van der Waals surface area contributed by atoms with Crippen LogP contribution in [0.1, 0.15) is 30.9 Å². The molecule has 208 valence electrons. The van der Waals surface area contributed by atoms with Gasteiger partial charge < -0.3 is 10.2 Å². The molecule has 0 aliphatic heterocycles. The molecule has 3 rings (SSSR count). The lowest BCUT2D eigenvalue weighted by Crippen LogP contribution is -2.53. The standard InChI is InChI=1S/C29H33ClFN3O4S/c1-3-4-17-32-29(36)27(18-22-11-7-5-8-12-22)33(20-23-13-9-6-10-14-23)28(35)21-34(39(2,37)38)24-15-16-26(31)25(30)19-24/h5-16,19,27H,3-4,17-18,20-21H2,1-2H3,(H,32,36). The van der Waals surface area contributed by atoms with Crippen LogP contribution in [0, 0.1) is 5.82 Å². The maximum atomic E-state index is 13.9. The molecule has 0 bridgehead atoms. The summed E-state index contributed by atoms with van der Waals surface area (Å²) >= 11 is 5.91. The third-order valence-electron chi connectivity index (χ3n) is 6.17. The van der Waals surface area contributed by atoms with Crippen molar-refractivity contribution >= 4 is 39.1 Å². The Labute approximate surface area is 234 Å². The number of rotatable bonds is 13. The van der Waals surface area contributed by atoms with E-state index < -0.39 is 34.3 Å². The van der Waals surface area contributed by atoms with Gasteiger partial charge in [-0.05, 0) is 35.7 Å². The molecule has 39 heavy (non-hydrogen) atoms. The van der Waals surface area contributed by atoms with Crippen molar-refractivity contribution in [2.24, 2.45) is 0 Å². The summed E-state index contributed by atoms with van der Waals surface area (Å²) in [5.74, 6) is -1.62. The summed E-state index contributed by atoms with van der Waals surface area (Å²) in [6.07, 6.45) is 2.86. The van der Waals surface area contributed by atoms with Gasteiger partial charge in [-0.3, -0.25) is 13.9 Å². The summed E-state index contributed by atoms with van der Waals surface area (Å²) < 4.78 is 40.2. The summed E-state index contributed by atoms with van der Waals surface area (Å²) in [7, 11) is -3.97. The summed E-state index contributed by atoms with van der Waals surface area (Å²) in [6.45, 7) is 1.96. The van der Waals surface area contributed by atoms with Gasteiger partial charge in [-0.15, -0.1) is 0 Å². The SMILES string of the molecule is CCCCNC(=O)C(Cc1ccccc1)N(Cc1ccccc1)C(=O)CN(c1ccc(F)c(Cl)c1)S(C)(=O)=O. The van der Waals surface area contributed by atoms with Crippen molar-refractivity contribution in [2.75, 3.05) is 23.7 Å². The zero-order valence-corrected chi connectivity index (χ0v) is 23.6. The molecular weight excluding hydrogens is 541 g/mol. The Balaban J connectivity index is 2.02. The van der Waals surface area contributed by atoms with Gasteiger partial charge in [-0.2, -0.15) is 0 Å². The third-order valence-corrected chi connectivity index (χ3v) is 7.60. The van der Waals surface area contributed by atoms with E-state index in [1.165, 1.54) is 11.0 Å². The van der Waals surface area contributed by atoms with Crippen LogP contribution in [0.2, 0.25) is 5.02 Å². The van der Waals surface area contributed by atoms with Crippen LogP contribution in [0.5, 0.6) is 0 Å². The number of carbonyl (C=O) groups excluding carboxylic acids is 2. The fraction of sp³-hybridized carbons (Fsp3) is 0.310. The van der Waals surface area contributed by atoms with E-state index in [0.717, 1.165) is 46.7 Å². The minimum atomic E-state index is -3.97. The topological polar surface area (TPSA) is 86.8 Å². The summed E-state index contributed by atoms with van der Waals surface area (Å²) in [5, 5.41) is 2.66. The number of hydrogen-bond acceptors (Lipinski definition) is 4. The lowest BCUT2D eigenvalue weighted by atomic mass is 10.0. The second-order valence-corrected chi connectivity index (χ2v) is 11.5. The molecule has 0 saturated heterocycles. The predicted molar refractivity (Wildman–Crippen MR) is 152 cm³/mol. The first kappa shape index (κ1) is 30.1. The molecule has 0 radical (unpaired) electrons. The highest BCUT2D eigenvalue weighted by Crippen LogP contribution is 2.25. The van der Waals surface area contributed by atoms with Gasteiger partial charge in [0.1, 0.15) is 18.4 Å². The fourth-order valence-corrected chi connectivity index (χ4v) is 5.11. The van der Waals surface area contributed by atoms with Crippen molar-refractivity contribution in [3.05, 3.63) is 101 Å². The number of nitrogens with zero attached hydrogens (tertiary/aromatic N) is 2. The Morgan fingerprint density at radius 3 is 2.15 bits per heavy atom. The van der Waals surface area contributed by atoms with Gasteiger partial charge in [0.05, 0.1) is 17.0 Å². The van der Waals surface area contributed by atoms with Gasteiger partial charge in [0.2, 0.25) is 21.8 Å². The minimum Gasteiger partial charge on any atom is -0.354 e. The first-order valence-electron chi connectivity index (χ1n) is 12.7. The van der Waals surface area contributed by atoms with Crippen LogP contribution in [0.4, 0.5) is 10.1 Å². The number of unbranched alkanes of at least 4 members (excludes halogenated alkanes) is 1. The average Bonchev–Trinajstić information content (AvgIpc) is 2.91. The number of carbonyl (C=O) groups is 2. The van der Waals surface area contributed by atoms with E-state index in [9.17, 15) is 22.4 Å². The number of hydrogen-bond donors (Lipinski definition) is 1. The molecule has 1 unspecified atom stereocenters. The van der Waals surface area contributed by atoms with Gasteiger partial charge in [0.15, 0.2) is 0 Å². The molecule has 0 aromatic heterocycles. The highest BCUT2D eigenvalue weighted by Gasteiger charge is 2.33. The number of benzene rings is 3. The molecule has 7 nitrogen and oxygen atoms in total. The van der Waals surface area contributed by atoms with Crippen LogP contribution in [-0.2, 0) is 32.6 Å². The quantitative estimate of drug-likeness (QED) is 0.298. The Hall–Kier alpha value is -3.43. The van der Waals surface area contributed by atoms with Crippen molar-refractivity contribution < 1.29 is 22.4 Å². The largest absolute Gasteiger partial charge is 0.354 e. The summed E-state index contributed by atoms with van der Waals surface area (Å²) in [4.78, 5) is 28.8. The van der Waals surface area contributed by atoms with E-state index in [4.69, 9.17) is 11.6 Å². The van der Waals surface area contributed by atoms with Crippen LogP contribution in [-0.4, -0.2) is 50.5 Å². The second kappa shape index (κ2) is 14.1. The van der Waals surface area contributed by atoms with E-state index in [1.807, 2.05) is 67.6 Å². The van der Waals surface area contributed by atoms with Gasteiger partial charge in [-0.25, -0.2) is 12.8 Å². The van der Waals surface area contributed by atoms with Crippen molar-refractivity contribution in [3.63, 3.8) is 0 Å². The third kappa shape index (κ3) is 8.80. The van der Waals surface area contributed by atoms with Crippen LogP contribution in [0.15, 0.2) is 78.9 Å². The maximum Gasteiger partial charge on any atom is 0.244 e. The van der Waals surface area contributed by atoms with Gasteiger partial charge in [0.25, 0.3) is 0 Å². The molecule has 0 heterocycles. The van der Waals surface area contributed by atoms with Crippen molar-refractivity contribution in [3.8, 4) is 0 Å². The Bertz CT molecular complexity index is 1360. The van der Waals surface area contributed by atoms with Gasteiger partial charge in [0, 0.05) is 19.5 Å². The lowest BCUT2D eigenvalue weighted by molar-refractivity contribution is -0.140. The normalized spacial score (nSPS) is 12.0. The monoisotopic (exact) mass is 573 g/mol. The van der Waals surface area contributed by atoms with Crippen LogP contribution in [0.25, 0.3) is 0 Å². The number of amides is 2. The van der Waals surface area contributed by atoms with Crippen molar-refractivity contribution in [1.29, 1.82) is 0 Å².